The molecule has 13 heteroatoms. The lowest BCUT2D eigenvalue weighted by Crippen LogP contribution is -2.52. The van der Waals surface area contributed by atoms with Gasteiger partial charge in [-0.15, -0.1) is 0 Å². The molecule has 0 radical (unpaired) electrons. The molecule has 1 atom stereocenters. The fraction of sp³-hybridized carbons (Fsp3) is 0.333. The monoisotopic (exact) mass is 699 g/mol. The zero-order valence-electron chi connectivity index (χ0n) is 23.2. The molecular weight excluding hydrogens is 671 g/mol. The van der Waals surface area contributed by atoms with Crippen LogP contribution in [0.1, 0.15) is 43.7 Å². The summed E-state index contributed by atoms with van der Waals surface area (Å²) in [5, 5.41) is 2.67. The third kappa shape index (κ3) is 8.10. The van der Waals surface area contributed by atoms with E-state index in [4.69, 9.17) is 11.6 Å². The molecule has 43 heavy (non-hydrogen) atoms. The Kier molecular flexibility index (Phi) is 10.4. The van der Waals surface area contributed by atoms with Gasteiger partial charge in [-0.2, -0.15) is 13.2 Å². The van der Waals surface area contributed by atoms with Crippen LogP contribution >= 0.6 is 27.5 Å². The van der Waals surface area contributed by atoms with Crippen molar-refractivity contribution in [1.82, 2.24) is 10.2 Å². The van der Waals surface area contributed by atoms with Gasteiger partial charge in [-0.25, -0.2) is 8.42 Å². The maximum Gasteiger partial charge on any atom is 0.416 e. The highest BCUT2D eigenvalue weighted by molar-refractivity contribution is 9.10. The Hall–Kier alpha value is -3.09. The number of carbonyl (C=O) groups excluding carboxylic acids is 2. The van der Waals surface area contributed by atoms with E-state index < -0.39 is 51.9 Å². The minimum Gasteiger partial charge on any atom is -0.352 e. The summed E-state index contributed by atoms with van der Waals surface area (Å²) in [7, 11) is -4.59. The molecule has 0 bridgehead atoms. The maximum absolute atomic E-state index is 14.0. The SMILES string of the molecule is C[C@@H](C(=O)NC1CCCC1)N(Cc1cccc(Br)c1)C(=O)CN(c1cc(C(F)(F)F)ccc1Cl)S(=O)(=O)c1ccccc1. The van der Waals surface area contributed by atoms with Gasteiger partial charge in [-0.05, 0) is 67.8 Å². The van der Waals surface area contributed by atoms with Crippen LogP contribution in [-0.2, 0) is 32.3 Å². The van der Waals surface area contributed by atoms with Crippen molar-refractivity contribution in [1.29, 1.82) is 0 Å². The lowest BCUT2D eigenvalue weighted by atomic mass is 10.1. The number of benzene rings is 3. The molecule has 0 aliphatic heterocycles. The summed E-state index contributed by atoms with van der Waals surface area (Å²) in [6.45, 7) is 0.563. The van der Waals surface area contributed by atoms with Crippen LogP contribution in [0.4, 0.5) is 18.9 Å². The molecule has 1 aliphatic rings. The molecule has 0 unspecified atom stereocenters. The van der Waals surface area contributed by atoms with E-state index in [0.29, 0.717) is 15.9 Å². The van der Waals surface area contributed by atoms with Crippen molar-refractivity contribution < 1.29 is 31.2 Å². The first kappa shape index (κ1) is 32.8. The Morgan fingerprint density at radius 3 is 2.33 bits per heavy atom. The first-order valence-electron chi connectivity index (χ1n) is 13.6. The minimum atomic E-state index is -4.80. The normalized spacial score (nSPS) is 14.7. The number of rotatable bonds is 10. The molecule has 3 aromatic carbocycles. The van der Waals surface area contributed by atoms with Gasteiger partial charge < -0.3 is 10.2 Å². The minimum absolute atomic E-state index is 0.0309. The Morgan fingerprint density at radius 2 is 1.70 bits per heavy atom. The van der Waals surface area contributed by atoms with Gasteiger partial charge in [-0.3, -0.25) is 13.9 Å². The van der Waals surface area contributed by atoms with E-state index in [1.54, 1.807) is 30.3 Å². The highest BCUT2D eigenvalue weighted by Crippen LogP contribution is 2.37. The molecule has 3 aromatic rings. The second-order valence-electron chi connectivity index (χ2n) is 10.3. The molecule has 0 heterocycles. The second-order valence-corrected chi connectivity index (χ2v) is 13.5. The van der Waals surface area contributed by atoms with E-state index in [2.05, 4.69) is 21.2 Å². The molecule has 1 fully saturated rings. The summed E-state index contributed by atoms with van der Waals surface area (Å²) < 4.78 is 70.1. The van der Waals surface area contributed by atoms with Crippen molar-refractivity contribution in [3.8, 4) is 0 Å². The van der Waals surface area contributed by atoms with Crippen LogP contribution in [0, 0.1) is 0 Å². The molecule has 0 aromatic heterocycles. The molecule has 1 saturated carbocycles. The fourth-order valence-electron chi connectivity index (χ4n) is 4.92. The van der Waals surface area contributed by atoms with Crippen LogP contribution in [-0.4, -0.2) is 43.8 Å². The van der Waals surface area contributed by atoms with Crippen molar-refractivity contribution in [3.05, 3.63) is 93.4 Å². The molecule has 7 nitrogen and oxygen atoms in total. The van der Waals surface area contributed by atoms with Gasteiger partial charge in [0.1, 0.15) is 12.6 Å². The third-order valence-corrected chi connectivity index (χ3v) is 9.85. The highest BCUT2D eigenvalue weighted by Gasteiger charge is 2.36. The van der Waals surface area contributed by atoms with Crippen molar-refractivity contribution >= 4 is 55.1 Å². The van der Waals surface area contributed by atoms with E-state index >= 15 is 0 Å². The number of nitrogens with one attached hydrogen (secondary N) is 1. The van der Waals surface area contributed by atoms with Crippen LogP contribution in [0.15, 0.2) is 82.2 Å². The second kappa shape index (κ2) is 13.7. The summed E-state index contributed by atoms with van der Waals surface area (Å²) in [5.41, 5.74) is -1.00. The van der Waals surface area contributed by atoms with Gasteiger partial charge in [0, 0.05) is 17.1 Å². The molecule has 0 spiro atoms. The Bertz CT molecular complexity index is 1570. The van der Waals surface area contributed by atoms with Crippen molar-refractivity contribution in [3.63, 3.8) is 0 Å². The van der Waals surface area contributed by atoms with Gasteiger partial charge >= 0.3 is 6.18 Å². The van der Waals surface area contributed by atoms with E-state index in [1.807, 2.05) is 0 Å². The van der Waals surface area contributed by atoms with Crippen molar-refractivity contribution in [2.75, 3.05) is 10.8 Å². The van der Waals surface area contributed by atoms with Gasteiger partial charge in [0.05, 0.1) is 21.2 Å². The number of amides is 2. The van der Waals surface area contributed by atoms with Gasteiger partial charge in [0.25, 0.3) is 10.0 Å². The van der Waals surface area contributed by atoms with Crippen LogP contribution < -0.4 is 9.62 Å². The predicted molar refractivity (Wildman–Crippen MR) is 162 cm³/mol. The first-order chi connectivity index (χ1) is 20.3. The van der Waals surface area contributed by atoms with Gasteiger partial charge in [0.2, 0.25) is 11.8 Å². The Balaban J connectivity index is 1.76. The number of hydrogen-bond acceptors (Lipinski definition) is 4. The Morgan fingerprint density at radius 1 is 1.02 bits per heavy atom. The lowest BCUT2D eigenvalue weighted by Gasteiger charge is -2.33. The smallest absolute Gasteiger partial charge is 0.352 e. The summed E-state index contributed by atoms with van der Waals surface area (Å²) in [6, 6.07) is 15.3. The number of sulfonamides is 1. The molecule has 2 amide bonds. The molecule has 1 N–H and O–H groups in total. The van der Waals surface area contributed by atoms with Crippen LogP contribution in [0.25, 0.3) is 0 Å². The van der Waals surface area contributed by atoms with E-state index in [0.717, 1.165) is 42.3 Å². The van der Waals surface area contributed by atoms with E-state index in [1.165, 1.54) is 36.1 Å². The summed E-state index contributed by atoms with van der Waals surface area (Å²) in [6.07, 6.45) is -1.22. The first-order valence-corrected chi connectivity index (χ1v) is 16.2. The third-order valence-electron chi connectivity index (χ3n) is 7.26. The molecule has 230 valence electrons. The van der Waals surface area contributed by atoms with Crippen LogP contribution in [0.5, 0.6) is 0 Å². The molecular formula is C30H30BrClF3N3O4S. The number of halogens is 5. The van der Waals surface area contributed by atoms with Crippen molar-refractivity contribution in [2.45, 2.75) is 62.3 Å². The van der Waals surface area contributed by atoms with E-state index in [-0.39, 0.29) is 22.5 Å². The summed E-state index contributed by atoms with van der Waals surface area (Å²) >= 11 is 9.68. The molecule has 1 aliphatic carbocycles. The maximum atomic E-state index is 14.0. The predicted octanol–water partition coefficient (Wildman–Crippen LogP) is 6.79. The average molecular weight is 701 g/mol. The number of anilines is 1. The number of carbonyl (C=O) groups is 2. The zero-order valence-corrected chi connectivity index (χ0v) is 26.3. The highest BCUT2D eigenvalue weighted by atomic mass is 79.9. The van der Waals surface area contributed by atoms with Gasteiger partial charge in [-0.1, -0.05) is 70.7 Å². The quantitative estimate of drug-likeness (QED) is 0.252. The average Bonchev–Trinajstić information content (AvgIpc) is 3.47. The van der Waals surface area contributed by atoms with Crippen LogP contribution in [0.3, 0.4) is 0 Å². The van der Waals surface area contributed by atoms with Crippen molar-refractivity contribution in [2.24, 2.45) is 0 Å². The fourth-order valence-corrected chi connectivity index (χ4v) is 7.08. The number of alkyl halides is 3. The number of nitrogens with zero attached hydrogens (tertiary/aromatic N) is 2. The number of hydrogen-bond donors (Lipinski definition) is 1. The van der Waals surface area contributed by atoms with Crippen LogP contribution in [0.2, 0.25) is 5.02 Å². The zero-order chi connectivity index (χ0) is 31.4. The molecule has 4 rings (SSSR count). The van der Waals surface area contributed by atoms with E-state index in [9.17, 15) is 31.2 Å². The standard InChI is InChI=1S/C30H30BrClF3N3O4S/c1-20(29(40)36-24-10-5-6-11-24)37(18-21-8-7-9-23(31)16-21)28(39)19-38(43(41,42)25-12-3-2-4-13-25)27-17-22(30(33,34)35)14-15-26(27)32/h2-4,7-9,12-17,20,24H,5-6,10-11,18-19H2,1H3,(H,36,40)/t20-/m0/s1. The summed E-state index contributed by atoms with van der Waals surface area (Å²) in [4.78, 5) is 28.3. The molecule has 0 saturated heterocycles. The largest absolute Gasteiger partial charge is 0.416 e. The topological polar surface area (TPSA) is 86.8 Å². The summed E-state index contributed by atoms with van der Waals surface area (Å²) in [5.74, 6) is -1.22. The lowest BCUT2D eigenvalue weighted by molar-refractivity contribution is -0.139. The van der Waals surface area contributed by atoms with Gasteiger partial charge in [0.15, 0.2) is 0 Å². The Labute approximate surface area is 262 Å².